The predicted octanol–water partition coefficient (Wildman–Crippen LogP) is 3.97. The first-order valence-electron chi connectivity index (χ1n) is 8.17. The fourth-order valence-electron chi connectivity index (χ4n) is 2.28. The molecule has 0 aliphatic rings. The Morgan fingerprint density at radius 2 is 1.76 bits per heavy atom. The molecule has 146 valence electrons. The topological polar surface area (TPSA) is 127 Å². The van der Waals surface area contributed by atoms with E-state index in [1.165, 1.54) is 24.3 Å². The number of furan rings is 1. The van der Waals surface area contributed by atoms with Crippen LogP contribution in [-0.4, -0.2) is 23.0 Å². The van der Waals surface area contributed by atoms with Crippen LogP contribution in [0.5, 0.6) is 0 Å². The molecule has 9 nitrogen and oxygen atoms in total. The average molecular weight is 457 g/mol. The van der Waals surface area contributed by atoms with Gasteiger partial charge in [-0.1, -0.05) is 12.1 Å². The summed E-state index contributed by atoms with van der Waals surface area (Å²) in [4.78, 5) is 34.2. The van der Waals surface area contributed by atoms with Crippen molar-refractivity contribution in [1.82, 2.24) is 5.43 Å². The van der Waals surface area contributed by atoms with Gasteiger partial charge in [-0.2, -0.15) is 5.10 Å². The number of nitrogens with one attached hydrogen (secondary N) is 2. The molecule has 3 rings (SSSR count). The molecular weight excluding hydrogens is 444 g/mol. The first kappa shape index (κ1) is 20.0. The van der Waals surface area contributed by atoms with Crippen LogP contribution >= 0.6 is 15.9 Å². The van der Waals surface area contributed by atoms with Crippen LogP contribution in [-0.2, 0) is 0 Å². The van der Waals surface area contributed by atoms with Gasteiger partial charge >= 0.3 is 5.88 Å². The summed E-state index contributed by atoms with van der Waals surface area (Å²) in [6.07, 6.45) is 1.15. The molecule has 29 heavy (non-hydrogen) atoms. The standard InChI is InChI=1S/C19H13BrN4O5/c20-16-4-2-1-3-15(16)19(26)22-13-7-5-12(6-8-13)18(25)23-21-11-14-9-10-17(29-14)24(27)28/h1-11H,(H,22,26)(H,23,25). The maximum Gasteiger partial charge on any atom is 0.433 e. The van der Waals surface area contributed by atoms with Gasteiger partial charge in [-0.05, 0) is 58.4 Å². The zero-order chi connectivity index (χ0) is 20.8. The first-order valence-corrected chi connectivity index (χ1v) is 8.97. The quantitative estimate of drug-likeness (QED) is 0.329. The van der Waals surface area contributed by atoms with Gasteiger partial charge in [0.1, 0.15) is 4.92 Å². The highest BCUT2D eigenvalue weighted by atomic mass is 79.9. The van der Waals surface area contributed by atoms with E-state index in [0.29, 0.717) is 21.3 Å². The number of nitro groups is 1. The van der Waals surface area contributed by atoms with E-state index in [9.17, 15) is 19.7 Å². The number of hydrazone groups is 1. The van der Waals surface area contributed by atoms with E-state index in [1.54, 1.807) is 30.3 Å². The molecule has 0 unspecified atom stereocenters. The molecule has 0 aliphatic heterocycles. The molecule has 2 amide bonds. The number of carbonyl (C=O) groups is 2. The molecule has 10 heteroatoms. The van der Waals surface area contributed by atoms with Crippen LogP contribution in [0.2, 0.25) is 0 Å². The van der Waals surface area contributed by atoms with E-state index >= 15 is 0 Å². The summed E-state index contributed by atoms with van der Waals surface area (Å²) in [6.45, 7) is 0. The van der Waals surface area contributed by atoms with Crippen molar-refractivity contribution >= 4 is 45.5 Å². The molecular formula is C19H13BrN4O5. The lowest BCUT2D eigenvalue weighted by Crippen LogP contribution is -2.17. The fraction of sp³-hybridized carbons (Fsp3) is 0. The Morgan fingerprint density at radius 3 is 2.41 bits per heavy atom. The summed E-state index contributed by atoms with van der Waals surface area (Å²) in [5, 5.41) is 17.0. The van der Waals surface area contributed by atoms with Crippen LogP contribution in [0.1, 0.15) is 26.5 Å². The van der Waals surface area contributed by atoms with Crippen molar-refractivity contribution in [3.05, 3.63) is 92.1 Å². The van der Waals surface area contributed by atoms with Crippen molar-refractivity contribution < 1.29 is 18.9 Å². The highest BCUT2D eigenvalue weighted by molar-refractivity contribution is 9.10. The summed E-state index contributed by atoms with van der Waals surface area (Å²) >= 11 is 3.32. The number of nitrogens with zero attached hydrogens (tertiary/aromatic N) is 2. The van der Waals surface area contributed by atoms with E-state index in [2.05, 4.69) is 31.8 Å². The number of hydrogen-bond acceptors (Lipinski definition) is 6. The summed E-state index contributed by atoms with van der Waals surface area (Å²) in [7, 11) is 0. The smallest absolute Gasteiger partial charge is 0.400 e. The molecule has 1 heterocycles. The van der Waals surface area contributed by atoms with Crippen molar-refractivity contribution in [1.29, 1.82) is 0 Å². The van der Waals surface area contributed by atoms with Crippen molar-refractivity contribution in [2.24, 2.45) is 5.10 Å². The van der Waals surface area contributed by atoms with E-state index in [-0.39, 0.29) is 11.7 Å². The van der Waals surface area contributed by atoms with Crippen molar-refractivity contribution in [3.8, 4) is 0 Å². The van der Waals surface area contributed by atoms with Gasteiger partial charge in [0.2, 0.25) is 0 Å². The molecule has 0 spiro atoms. The molecule has 0 aliphatic carbocycles. The highest BCUT2D eigenvalue weighted by Crippen LogP contribution is 2.18. The van der Waals surface area contributed by atoms with E-state index in [1.807, 2.05) is 6.07 Å². The molecule has 2 N–H and O–H groups in total. The highest BCUT2D eigenvalue weighted by Gasteiger charge is 2.11. The molecule has 3 aromatic rings. The maximum atomic E-state index is 12.3. The summed E-state index contributed by atoms with van der Waals surface area (Å²) in [5.41, 5.74) is 3.61. The van der Waals surface area contributed by atoms with Gasteiger partial charge in [0.05, 0.1) is 17.8 Å². The lowest BCUT2D eigenvalue weighted by molar-refractivity contribution is -0.402. The second kappa shape index (κ2) is 8.93. The van der Waals surface area contributed by atoms with Gasteiger partial charge in [0.25, 0.3) is 11.8 Å². The molecule has 0 bridgehead atoms. The third-order valence-corrected chi connectivity index (χ3v) is 4.37. The van der Waals surface area contributed by atoms with Gasteiger partial charge in [0.15, 0.2) is 5.76 Å². The van der Waals surface area contributed by atoms with Crippen molar-refractivity contribution in [2.45, 2.75) is 0 Å². The minimum Gasteiger partial charge on any atom is -0.400 e. The number of halogens is 1. The van der Waals surface area contributed by atoms with Gasteiger partial charge in [-0.25, -0.2) is 5.43 Å². The fourth-order valence-corrected chi connectivity index (χ4v) is 2.74. The van der Waals surface area contributed by atoms with Crippen molar-refractivity contribution in [3.63, 3.8) is 0 Å². The third-order valence-electron chi connectivity index (χ3n) is 3.67. The number of amides is 2. The summed E-state index contributed by atoms with van der Waals surface area (Å²) in [6, 6.07) is 15.8. The number of carbonyl (C=O) groups excluding carboxylic acids is 2. The van der Waals surface area contributed by atoms with Gasteiger partial charge < -0.3 is 9.73 Å². The number of hydrogen-bond donors (Lipinski definition) is 2. The molecule has 0 radical (unpaired) electrons. The maximum absolute atomic E-state index is 12.3. The van der Waals surface area contributed by atoms with Crippen LogP contribution < -0.4 is 10.7 Å². The van der Waals surface area contributed by atoms with Gasteiger partial charge in [0, 0.05) is 15.7 Å². The number of benzene rings is 2. The van der Waals surface area contributed by atoms with Crippen molar-refractivity contribution in [2.75, 3.05) is 5.32 Å². The molecule has 0 atom stereocenters. The Kier molecular flexibility index (Phi) is 6.15. The largest absolute Gasteiger partial charge is 0.433 e. The Hall–Kier alpha value is -3.79. The predicted molar refractivity (Wildman–Crippen MR) is 109 cm³/mol. The van der Waals surface area contributed by atoms with E-state index < -0.39 is 16.7 Å². The van der Waals surface area contributed by atoms with Crippen LogP contribution in [0.15, 0.2) is 74.7 Å². The minimum absolute atomic E-state index is 0.127. The second-order valence-electron chi connectivity index (χ2n) is 5.64. The van der Waals surface area contributed by atoms with Crippen LogP contribution in [0.25, 0.3) is 0 Å². The van der Waals surface area contributed by atoms with Gasteiger partial charge in [-0.3, -0.25) is 19.7 Å². The van der Waals surface area contributed by atoms with E-state index in [0.717, 1.165) is 6.21 Å². The number of rotatable bonds is 6. The van der Waals surface area contributed by atoms with Crippen LogP contribution in [0.3, 0.4) is 0 Å². The molecule has 1 aromatic heterocycles. The monoisotopic (exact) mass is 456 g/mol. The summed E-state index contributed by atoms with van der Waals surface area (Å²) in [5.74, 6) is -1.07. The molecule has 0 fully saturated rings. The molecule has 2 aromatic carbocycles. The Morgan fingerprint density at radius 1 is 1.03 bits per heavy atom. The second-order valence-corrected chi connectivity index (χ2v) is 6.50. The Labute approximate surface area is 172 Å². The van der Waals surface area contributed by atoms with Gasteiger partial charge in [-0.15, -0.1) is 0 Å². The lowest BCUT2D eigenvalue weighted by atomic mass is 10.1. The molecule has 0 saturated carbocycles. The zero-order valence-electron chi connectivity index (χ0n) is 14.7. The SMILES string of the molecule is O=C(NN=Cc1ccc([N+](=O)[O-])o1)c1ccc(NC(=O)c2ccccc2Br)cc1. The zero-order valence-corrected chi connectivity index (χ0v) is 16.3. The average Bonchev–Trinajstić information content (AvgIpc) is 3.18. The lowest BCUT2D eigenvalue weighted by Gasteiger charge is -2.07. The molecule has 0 saturated heterocycles. The third kappa shape index (κ3) is 5.14. The van der Waals surface area contributed by atoms with E-state index in [4.69, 9.17) is 4.42 Å². The minimum atomic E-state index is -0.674. The van der Waals surface area contributed by atoms with Crippen LogP contribution in [0, 0.1) is 10.1 Å². The van der Waals surface area contributed by atoms with Crippen LogP contribution in [0.4, 0.5) is 11.6 Å². The first-order chi connectivity index (χ1) is 13.9. The summed E-state index contributed by atoms with van der Waals surface area (Å²) < 4.78 is 5.56. The Balaban J connectivity index is 1.58. The number of anilines is 1. The normalized spacial score (nSPS) is 10.7. The Bertz CT molecular complexity index is 1090.